The van der Waals surface area contributed by atoms with Crippen LogP contribution >= 0.6 is 0 Å². The summed E-state index contributed by atoms with van der Waals surface area (Å²) in [6.07, 6.45) is 4.16. The van der Waals surface area contributed by atoms with Gasteiger partial charge in [0, 0.05) is 38.8 Å². The lowest BCUT2D eigenvalue weighted by atomic mass is 9.99. The normalized spacial score (nSPS) is 14.9. The van der Waals surface area contributed by atoms with Crippen LogP contribution in [-0.2, 0) is 17.8 Å². The Hall–Kier alpha value is -3.28. The summed E-state index contributed by atoms with van der Waals surface area (Å²) in [5.41, 5.74) is 3.81. The van der Waals surface area contributed by atoms with Crippen LogP contribution in [-0.4, -0.2) is 49.0 Å². The predicted molar refractivity (Wildman–Crippen MR) is 105 cm³/mol. The molecule has 2 heterocycles. The monoisotopic (exact) mass is 378 g/mol. The number of hydrogen-bond donors (Lipinski definition) is 0. The molecular weight excluding hydrogens is 356 g/mol. The first-order valence-electron chi connectivity index (χ1n) is 9.21. The van der Waals surface area contributed by atoms with Gasteiger partial charge in [-0.1, -0.05) is 12.1 Å². The van der Waals surface area contributed by atoms with Gasteiger partial charge in [-0.2, -0.15) is 0 Å². The average molecular weight is 378 g/mol. The Kier molecular flexibility index (Phi) is 4.77. The fourth-order valence-electron chi connectivity index (χ4n) is 3.40. The molecule has 4 rings (SSSR count). The molecule has 0 unspecified atom stereocenters. The molecule has 6 nitrogen and oxygen atoms in total. The largest absolute Gasteiger partial charge is 0.454 e. The second kappa shape index (κ2) is 7.38. The van der Waals surface area contributed by atoms with Crippen molar-refractivity contribution in [2.75, 3.05) is 27.4 Å². The van der Waals surface area contributed by atoms with Crippen LogP contribution in [0.25, 0.3) is 6.08 Å². The summed E-state index contributed by atoms with van der Waals surface area (Å²) in [6.45, 7) is 1.49. The minimum Gasteiger partial charge on any atom is -0.454 e. The second-order valence-electron chi connectivity index (χ2n) is 7.14. The summed E-state index contributed by atoms with van der Waals surface area (Å²) in [7, 11) is 3.44. The molecule has 0 saturated heterocycles. The van der Waals surface area contributed by atoms with Gasteiger partial charge in [-0.15, -0.1) is 0 Å². The Morgan fingerprint density at radius 3 is 2.39 bits per heavy atom. The number of nitrogens with zero attached hydrogens (tertiary/aromatic N) is 2. The van der Waals surface area contributed by atoms with Crippen molar-refractivity contribution in [3.8, 4) is 11.5 Å². The predicted octanol–water partition coefficient (Wildman–Crippen LogP) is 2.72. The van der Waals surface area contributed by atoms with Gasteiger partial charge >= 0.3 is 0 Å². The van der Waals surface area contributed by atoms with Gasteiger partial charge in [-0.25, -0.2) is 0 Å². The Bertz CT molecular complexity index is 948. The van der Waals surface area contributed by atoms with Crippen LogP contribution in [0.2, 0.25) is 0 Å². The van der Waals surface area contributed by atoms with Crippen LogP contribution in [0.15, 0.2) is 42.5 Å². The van der Waals surface area contributed by atoms with E-state index >= 15 is 0 Å². The Labute approximate surface area is 164 Å². The molecule has 2 aliphatic rings. The summed E-state index contributed by atoms with van der Waals surface area (Å²) in [5, 5.41) is 0. The van der Waals surface area contributed by atoms with Gasteiger partial charge < -0.3 is 19.3 Å². The van der Waals surface area contributed by atoms with Gasteiger partial charge in [0.1, 0.15) is 0 Å². The third-order valence-electron chi connectivity index (χ3n) is 5.00. The molecule has 0 saturated carbocycles. The third-order valence-corrected chi connectivity index (χ3v) is 5.00. The van der Waals surface area contributed by atoms with Crippen molar-refractivity contribution in [2.24, 2.45) is 0 Å². The number of amides is 2. The van der Waals surface area contributed by atoms with Crippen molar-refractivity contribution in [3.05, 3.63) is 64.7 Å². The van der Waals surface area contributed by atoms with E-state index in [9.17, 15) is 9.59 Å². The zero-order valence-electron chi connectivity index (χ0n) is 16.0. The SMILES string of the molecule is CN(C)C(=O)c1ccc(/C=C/C(=O)N2CCc3cc4c(cc3C2)OCO4)cc1. The van der Waals surface area contributed by atoms with Gasteiger partial charge in [0.15, 0.2) is 11.5 Å². The molecule has 0 bridgehead atoms. The molecule has 0 aliphatic carbocycles. The van der Waals surface area contributed by atoms with Crippen LogP contribution in [0.1, 0.15) is 27.0 Å². The number of ether oxygens (including phenoxy) is 2. The molecule has 0 aromatic heterocycles. The summed E-state index contributed by atoms with van der Waals surface area (Å²) in [5.74, 6) is 1.46. The molecule has 2 amide bonds. The van der Waals surface area contributed by atoms with E-state index in [0.29, 0.717) is 18.7 Å². The number of rotatable bonds is 3. The van der Waals surface area contributed by atoms with Gasteiger partial charge in [-0.3, -0.25) is 9.59 Å². The van der Waals surface area contributed by atoms with Crippen molar-refractivity contribution in [1.82, 2.24) is 9.80 Å². The fraction of sp³-hybridized carbons (Fsp3) is 0.273. The van der Waals surface area contributed by atoms with Crippen molar-refractivity contribution >= 4 is 17.9 Å². The number of hydrogen-bond acceptors (Lipinski definition) is 4. The molecule has 0 N–H and O–H groups in total. The van der Waals surface area contributed by atoms with Crippen LogP contribution in [0, 0.1) is 0 Å². The molecule has 144 valence electrons. The summed E-state index contributed by atoms with van der Waals surface area (Å²) >= 11 is 0. The number of carbonyl (C=O) groups excluding carboxylic acids is 2. The minimum absolute atomic E-state index is 0.0308. The minimum atomic E-state index is -0.0422. The molecule has 28 heavy (non-hydrogen) atoms. The fourth-order valence-corrected chi connectivity index (χ4v) is 3.40. The van der Waals surface area contributed by atoms with Gasteiger partial charge in [0.05, 0.1) is 0 Å². The van der Waals surface area contributed by atoms with E-state index in [1.54, 1.807) is 38.4 Å². The van der Waals surface area contributed by atoms with Gasteiger partial charge in [0.2, 0.25) is 12.7 Å². The molecule has 0 fully saturated rings. The third kappa shape index (κ3) is 3.58. The maximum atomic E-state index is 12.6. The highest BCUT2D eigenvalue weighted by Gasteiger charge is 2.23. The second-order valence-corrected chi connectivity index (χ2v) is 7.14. The van der Waals surface area contributed by atoms with Crippen molar-refractivity contribution in [3.63, 3.8) is 0 Å². The molecule has 0 spiro atoms. The lowest BCUT2D eigenvalue weighted by Crippen LogP contribution is -2.34. The number of fused-ring (bicyclic) bond motifs is 2. The smallest absolute Gasteiger partial charge is 0.253 e. The highest BCUT2D eigenvalue weighted by molar-refractivity contribution is 5.94. The summed E-state index contributed by atoms with van der Waals surface area (Å²) in [6, 6.07) is 11.2. The molecule has 6 heteroatoms. The maximum Gasteiger partial charge on any atom is 0.253 e. The van der Waals surface area contributed by atoms with E-state index in [2.05, 4.69) is 0 Å². The van der Waals surface area contributed by atoms with Crippen molar-refractivity contribution < 1.29 is 19.1 Å². The first kappa shape index (κ1) is 18.1. The van der Waals surface area contributed by atoms with E-state index in [-0.39, 0.29) is 18.6 Å². The lowest BCUT2D eigenvalue weighted by molar-refractivity contribution is -0.126. The topological polar surface area (TPSA) is 59.1 Å². The van der Waals surface area contributed by atoms with E-state index in [1.807, 2.05) is 29.2 Å². The van der Waals surface area contributed by atoms with Gasteiger partial charge in [-0.05, 0) is 53.5 Å². The number of carbonyl (C=O) groups is 2. The Morgan fingerprint density at radius 1 is 1.04 bits per heavy atom. The zero-order valence-corrected chi connectivity index (χ0v) is 16.0. The van der Waals surface area contributed by atoms with Crippen LogP contribution in [0.5, 0.6) is 11.5 Å². The van der Waals surface area contributed by atoms with E-state index in [0.717, 1.165) is 29.0 Å². The maximum absolute atomic E-state index is 12.6. The Balaban J connectivity index is 1.42. The van der Waals surface area contributed by atoms with E-state index in [4.69, 9.17) is 9.47 Å². The van der Waals surface area contributed by atoms with Crippen LogP contribution in [0.3, 0.4) is 0 Å². The average Bonchev–Trinajstić information content (AvgIpc) is 3.16. The van der Waals surface area contributed by atoms with Gasteiger partial charge in [0.25, 0.3) is 5.91 Å². The Morgan fingerprint density at radius 2 is 1.71 bits per heavy atom. The molecular formula is C22H22N2O4. The van der Waals surface area contributed by atoms with Crippen molar-refractivity contribution in [1.29, 1.82) is 0 Å². The highest BCUT2D eigenvalue weighted by atomic mass is 16.7. The molecule has 2 aromatic rings. The zero-order chi connectivity index (χ0) is 19.7. The molecule has 2 aliphatic heterocycles. The highest BCUT2D eigenvalue weighted by Crippen LogP contribution is 2.36. The summed E-state index contributed by atoms with van der Waals surface area (Å²) in [4.78, 5) is 27.9. The number of benzene rings is 2. The quantitative estimate of drug-likeness (QED) is 0.771. The standard InChI is InChI=1S/C22H22N2O4/c1-23(2)22(26)16-6-3-15(4-7-16)5-8-21(25)24-10-9-17-11-19-20(28-14-27-19)12-18(17)13-24/h3-8,11-12H,9-10,13-14H2,1-2H3/b8-5+. The van der Waals surface area contributed by atoms with E-state index < -0.39 is 0 Å². The summed E-state index contributed by atoms with van der Waals surface area (Å²) < 4.78 is 10.9. The molecule has 0 radical (unpaired) electrons. The van der Waals surface area contributed by atoms with Crippen molar-refractivity contribution in [2.45, 2.75) is 13.0 Å². The molecule has 2 aromatic carbocycles. The molecule has 0 atom stereocenters. The van der Waals surface area contributed by atoms with Crippen LogP contribution in [0.4, 0.5) is 0 Å². The van der Waals surface area contributed by atoms with E-state index in [1.165, 1.54) is 10.5 Å². The van der Waals surface area contributed by atoms with Crippen LogP contribution < -0.4 is 9.47 Å². The first-order valence-corrected chi connectivity index (χ1v) is 9.21. The first-order chi connectivity index (χ1) is 13.5. The lowest BCUT2D eigenvalue weighted by Gasteiger charge is -2.28.